The third-order valence-electron chi connectivity index (χ3n) is 5.51. The van der Waals surface area contributed by atoms with Crippen LogP contribution in [0.5, 0.6) is 0 Å². The molecule has 0 bridgehead atoms. The van der Waals surface area contributed by atoms with Crippen LogP contribution in [0.4, 0.5) is 0 Å². The van der Waals surface area contributed by atoms with E-state index in [2.05, 4.69) is 47.9 Å². The summed E-state index contributed by atoms with van der Waals surface area (Å²) in [6.45, 7) is 4.06. The minimum absolute atomic E-state index is 0. The monoisotopic (exact) mass is 336 g/mol. The molecule has 23 heavy (non-hydrogen) atoms. The molecule has 1 aromatic rings. The van der Waals surface area contributed by atoms with E-state index in [1.807, 2.05) is 0 Å². The largest absolute Gasteiger partial charge is 0.353 e. The summed E-state index contributed by atoms with van der Waals surface area (Å²) in [5.74, 6) is 1.51. The molecular formula is C19H29ClN2O. The molecule has 1 aromatic carbocycles. The van der Waals surface area contributed by atoms with Crippen LogP contribution in [0.15, 0.2) is 30.3 Å². The Kier molecular flexibility index (Phi) is 6.91. The Morgan fingerprint density at radius 2 is 1.91 bits per heavy atom. The summed E-state index contributed by atoms with van der Waals surface area (Å²) in [5.41, 5.74) is 1.39. The number of benzene rings is 1. The average Bonchev–Trinajstić information content (AvgIpc) is 2.48. The van der Waals surface area contributed by atoms with E-state index in [0.29, 0.717) is 17.9 Å². The summed E-state index contributed by atoms with van der Waals surface area (Å²) in [5, 5.41) is 6.63. The van der Waals surface area contributed by atoms with Gasteiger partial charge in [-0.05, 0) is 49.8 Å². The standard InChI is InChI=1S/C19H28N2O.ClH/c1-14(17-12-20-13-17)19(22)21-18-10-6-5-9-16(18)11-15-7-3-2-4-8-15;/h2-4,7-8,14,16-18,20H,5-6,9-13H2,1H3,(H,21,22);1H. The number of amides is 1. The van der Waals surface area contributed by atoms with Crippen molar-refractivity contribution in [3.63, 3.8) is 0 Å². The lowest BCUT2D eigenvalue weighted by atomic mass is 9.80. The average molecular weight is 337 g/mol. The van der Waals surface area contributed by atoms with Gasteiger partial charge in [-0.15, -0.1) is 12.4 Å². The van der Waals surface area contributed by atoms with Crippen molar-refractivity contribution in [3.8, 4) is 0 Å². The maximum atomic E-state index is 12.5. The maximum Gasteiger partial charge on any atom is 0.223 e. The van der Waals surface area contributed by atoms with Crippen LogP contribution in [-0.2, 0) is 11.2 Å². The zero-order valence-corrected chi connectivity index (χ0v) is 14.8. The van der Waals surface area contributed by atoms with Gasteiger partial charge in [-0.25, -0.2) is 0 Å². The van der Waals surface area contributed by atoms with Crippen molar-refractivity contribution in [2.75, 3.05) is 13.1 Å². The fourth-order valence-corrected chi connectivity index (χ4v) is 3.75. The molecule has 1 aliphatic carbocycles. The number of carbonyl (C=O) groups excluding carboxylic acids is 1. The van der Waals surface area contributed by atoms with Gasteiger partial charge in [-0.1, -0.05) is 50.1 Å². The molecule has 1 aliphatic heterocycles. The molecule has 1 heterocycles. The Bertz CT molecular complexity index is 489. The van der Waals surface area contributed by atoms with E-state index >= 15 is 0 Å². The highest BCUT2D eigenvalue weighted by Crippen LogP contribution is 2.28. The Hall–Kier alpha value is -1.06. The van der Waals surface area contributed by atoms with Gasteiger partial charge in [0.15, 0.2) is 0 Å². The van der Waals surface area contributed by atoms with Gasteiger partial charge in [-0.3, -0.25) is 4.79 Å². The van der Waals surface area contributed by atoms with Crippen LogP contribution in [0.3, 0.4) is 0 Å². The van der Waals surface area contributed by atoms with E-state index in [-0.39, 0.29) is 24.2 Å². The van der Waals surface area contributed by atoms with Gasteiger partial charge in [0.05, 0.1) is 0 Å². The zero-order valence-electron chi connectivity index (χ0n) is 14.0. The van der Waals surface area contributed by atoms with E-state index in [1.165, 1.54) is 24.8 Å². The van der Waals surface area contributed by atoms with Gasteiger partial charge >= 0.3 is 0 Å². The second kappa shape index (κ2) is 8.70. The number of hydrogen-bond acceptors (Lipinski definition) is 2. The normalized spacial score (nSPS) is 25.8. The molecule has 1 amide bonds. The highest BCUT2D eigenvalue weighted by Gasteiger charge is 2.32. The molecule has 0 radical (unpaired) electrons. The van der Waals surface area contributed by atoms with Crippen LogP contribution in [0.2, 0.25) is 0 Å². The molecule has 3 unspecified atom stereocenters. The van der Waals surface area contributed by atoms with Crippen molar-refractivity contribution < 1.29 is 4.79 Å². The van der Waals surface area contributed by atoms with Gasteiger partial charge in [0, 0.05) is 12.0 Å². The first-order chi connectivity index (χ1) is 10.7. The van der Waals surface area contributed by atoms with Crippen LogP contribution < -0.4 is 10.6 Å². The van der Waals surface area contributed by atoms with Crippen molar-refractivity contribution in [1.29, 1.82) is 0 Å². The summed E-state index contributed by atoms with van der Waals surface area (Å²) in [4.78, 5) is 12.5. The van der Waals surface area contributed by atoms with Crippen LogP contribution in [-0.4, -0.2) is 25.0 Å². The van der Waals surface area contributed by atoms with E-state index < -0.39 is 0 Å². The SMILES string of the molecule is CC(C(=O)NC1CCCCC1Cc1ccccc1)C1CNC1.Cl. The highest BCUT2D eigenvalue weighted by atomic mass is 35.5. The summed E-state index contributed by atoms with van der Waals surface area (Å²) in [7, 11) is 0. The predicted molar refractivity (Wildman–Crippen MR) is 96.8 cm³/mol. The summed E-state index contributed by atoms with van der Waals surface area (Å²) in [6.07, 6.45) is 6.00. The van der Waals surface area contributed by atoms with E-state index in [4.69, 9.17) is 0 Å². The van der Waals surface area contributed by atoms with E-state index in [1.54, 1.807) is 0 Å². The van der Waals surface area contributed by atoms with Gasteiger partial charge < -0.3 is 10.6 Å². The van der Waals surface area contributed by atoms with Crippen LogP contribution in [0.1, 0.15) is 38.2 Å². The summed E-state index contributed by atoms with van der Waals surface area (Å²) < 4.78 is 0. The minimum atomic E-state index is 0. The second-order valence-electron chi connectivity index (χ2n) is 7.06. The lowest BCUT2D eigenvalue weighted by Crippen LogP contribution is -2.52. The topological polar surface area (TPSA) is 41.1 Å². The lowest BCUT2D eigenvalue weighted by molar-refractivity contribution is -0.128. The molecule has 0 spiro atoms. The van der Waals surface area contributed by atoms with Crippen molar-refractivity contribution in [2.24, 2.45) is 17.8 Å². The molecule has 128 valence electrons. The molecule has 3 atom stereocenters. The molecule has 4 heteroatoms. The molecule has 0 aromatic heterocycles. The third-order valence-corrected chi connectivity index (χ3v) is 5.51. The summed E-state index contributed by atoms with van der Waals surface area (Å²) >= 11 is 0. The first kappa shape index (κ1) is 18.3. The molecule has 1 saturated heterocycles. The molecule has 3 nitrogen and oxygen atoms in total. The maximum absolute atomic E-state index is 12.5. The van der Waals surface area contributed by atoms with Crippen LogP contribution in [0, 0.1) is 17.8 Å². The molecule has 2 aliphatic rings. The second-order valence-corrected chi connectivity index (χ2v) is 7.06. The number of halogens is 1. The Morgan fingerprint density at radius 3 is 2.57 bits per heavy atom. The fourth-order valence-electron chi connectivity index (χ4n) is 3.75. The van der Waals surface area contributed by atoms with Crippen molar-refractivity contribution in [2.45, 2.75) is 45.1 Å². The quantitative estimate of drug-likeness (QED) is 0.867. The highest BCUT2D eigenvalue weighted by molar-refractivity contribution is 5.85. The van der Waals surface area contributed by atoms with Gasteiger partial charge in [0.1, 0.15) is 0 Å². The minimum Gasteiger partial charge on any atom is -0.353 e. The molecule has 2 fully saturated rings. The predicted octanol–water partition coefficient (Wildman–Crippen LogP) is 3.18. The molecule has 1 saturated carbocycles. The van der Waals surface area contributed by atoms with Crippen LogP contribution >= 0.6 is 12.4 Å². The fraction of sp³-hybridized carbons (Fsp3) is 0.632. The first-order valence-corrected chi connectivity index (χ1v) is 8.79. The first-order valence-electron chi connectivity index (χ1n) is 8.79. The summed E-state index contributed by atoms with van der Waals surface area (Å²) in [6, 6.07) is 11.1. The van der Waals surface area contributed by atoms with Gasteiger partial charge in [0.25, 0.3) is 0 Å². The number of hydrogen-bond donors (Lipinski definition) is 2. The van der Waals surface area contributed by atoms with Crippen molar-refractivity contribution >= 4 is 18.3 Å². The van der Waals surface area contributed by atoms with Crippen LogP contribution in [0.25, 0.3) is 0 Å². The van der Waals surface area contributed by atoms with Gasteiger partial charge in [-0.2, -0.15) is 0 Å². The van der Waals surface area contributed by atoms with E-state index in [0.717, 1.165) is 25.9 Å². The smallest absolute Gasteiger partial charge is 0.223 e. The Labute approximate surface area is 146 Å². The Morgan fingerprint density at radius 1 is 1.22 bits per heavy atom. The Balaban J connectivity index is 0.00000192. The van der Waals surface area contributed by atoms with Crippen molar-refractivity contribution in [3.05, 3.63) is 35.9 Å². The number of carbonyl (C=O) groups is 1. The molecule has 2 N–H and O–H groups in total. The third kappa shape index (κ3) is 4.71. The molecule has 3 rings (SSSR count). The zero-order chi connectivity index (χ0) is 15.4. The lowest BCUT2D eigenvalue weighted by Gasteiger charge is -2.36. The van der Waals surface area contributed by atoms with Gasteiger partial charge in [0.2, 0.25) is 5.91 Å². The van der Waals surface area contributed by atoms with E-state index in [9.17, 15) is 4.79 Å². The van der Waals surface area contributed by atoms with Crippen molar-refractivity contribution in [1.82, 2.24) is 10.6 Å². The molecular weight excluding hydrogens is 308 g/mol. The number of nitrogens with one attached hydrogen (secondary N) is 2. The number of rotatable bonds is 5.